The molecule has 0 unspecified atom stereocenters. The third kappa shape index (κ3) is 5.49. The molecule has 0 amide bonds. The molecule has 0 atom stereocenters. The summed E-state index contributed by atoms with van der Waals surface area (Å²) in [4.78, 5) is 5.97. The van der Waals surface area contributed by atoms with E-state index in [1.54, 1.807) is 30.0 Å². The van der Waals surface area contributed by atoms with Crippen molar-refractivity contribution >= 4 is 12.0 Å². The largest absolute Gasteiger partial charge is 0.457 e. The van der Waals surface area contributed by atoms with E-state index in [4.69, 9.17) is 4.74 Å². The Morgan fingerprint density at radius 3 is 2.48 bits per heavy atom. The quantitative estimate of drug-likeness (QED) is 0.421. The zero-order valence-electron chi connectivity index (χ0n) is 16.3. The van der Waals surface area contributed by atoms with Crippen LogP contribution in [0.3, 0.4) is 0 Å². The highest BCUT2D eigenvalue weighted by atomic mass is 19.4. The fraction of sp³-hybridized carbons (Fsp3) is 0.381. The van der Waals surface area contributed by atoms with E-state index < -0.39 is 11.7 Å². The summed E-state index contributed by atoms with van der Waals surface area (Å²) in [5.74, 6) is 0.418. The predicted octanol–water partition coefficient (Wildman–Crippen LogP) is 6.54. The SMILES string of the molecule is CCN(C)/C=N/c1cc(C(F)(F)F)c(Oc2cccc(C(C)C)c2)cc1C. The fourth-order valence-electron chi connectivity index (χ4n) is 2.42. The number of alkyl halides is 3. The van der Waals surface area contributed by atoms with Crippen LogP contribution in [0.1, 0.15) is 43.4 Å². The average Bonchev–Trinajstić information content (AvgIpc) is 2.59. The van der Waals surface area contributed by atoms with Gasteiger partial charge in [-0.1, -0.05) is 26.0 Å². The number of rotatable bonds is 6. The minimum atomic E-state index is -4.54. The van der Waals surface area contributed by atoms with E-state index >= 15 is 0 Å². The topological polar surface area (TPSA) is 24.8 Å². The fourth-order valence-corrected chi connectivity index (χ4v) is 2.42. The molecule has 0 aliphatic carbocycles. The van der Waals surface area contributed by atoms with Crippen molar-refractivity contribution < 1.29 is 17.9 Å². The molecule has 146 valence electrons. The van der Waals surface area contributed by atoms with Gasteiger partial charge in [0.1, 0.15) is 17.1 Å². The zero-order valence-corrected chi connectivity index (χ0v) is 16.3. The van der Waals surface area contributed by atoms with Crippen LogP contribution in [0.15, 0.2) is 41.4 Å². The van der Waals surface area contributed by atoms with Crippen molar-refractivity contribution in [3.8, 4) is 11.5 Å². The molecule has 3 nitrogen and oxygen atoms in total. The maximum Gasteiger partial charge on any atom is 0.420 e. The average molecular weight is 378 g/mol. The van der Waals surface area contributed by atoms with Gasteiger partial charge in [-0.3, -0.25) is 0 Å². The van der Waals surface area contributed by atoms with Gasteiger partial charge < -0.3 is 9.64 Å². The summed E-state index contributed by atoms with van der Waals surface area (Å²) < 4.78 is 46.4. The normalized spacial score (nSPS) is 12.0. The summed E-state index contributed by atoms with van der Waals surface area (Å²) in [5, 5.41) is 0. The Morgan fingerprint density at radius 2 is 1.89 bits per heavy atom. The number of ether oxygens (including phenoxy) is 1. The number of aliphatic imine (C=N–C) groups is 1. The first-order valence-electron chi connectivity index (χ1n) is 8.86. The van der Waals surface area contributed by atoms with Crippen LogP contribution in [-0.2, 0) is 6.18 Å². The molecule has 0 bridgehead atoms. The number of nitrogens with zero attached hydrogens (tertiary/aromatic N) is 2. The highest BCUT2D eigenvalue weighted by Crippen LogP contribution is 2.41. The molecule has 2 rings (SSSR count). The summed E-state index contributed by atoms with van der Waals surface area (Å²) >= 11 is 0. The molecule has 0 N–H and O–H groups in total. The van der Waals surface area contributed by atoms with Gasteiger partial charge in [-0.2, -0.15) is 13.2 Å². The van der Waals surface area contributed by atoms with Crippen LogP contribution in [0.2, 0.25) is 0 Å². The lowest BCUT2D eigenvalue weighted by atomic mass is 10.0. The molecular formula is C21H25F3N2O. The van der Waals surface area contributed by atoms with Gasteiger partial charge in [0.2, 0.25) is 0 Å². The van der Waals surface area contributed by atoms with Crippen LogP contribution in [0.4, 0.5) is 18.9 Å². The molecular weight excluding hydrogens is 353 g/mol. The Balaban J connectivity index is 2.45. The number of hydrogen-bond donors (Lipinski definition) is 0. The van der Waals surface area contributed by atoms with Crippen LogP contribution < -0.4 is 4.74 Å². The van der Waals surface area contributed by atoms with E-state index in [1.165, 1.54) is 12.4 Å². The molecule has 0 radical (unpaired) electrons. The molecule has 6 heteroatoms. The second kappa shape index (κ2) is 8.46. The van der Waals surface area contributed by atoms with E-state index in [2.05, 4.69) is 4.99 Å². The number of hydrogen-bond acceptors (Lipinski definition) is 2. The molecule has 27 heavy (non-hydrogen) atoms. The second-order valence-electron chi connectivity index (χ2n) is 6.78. The van der Waals surface area contributed by atoms with Crippen molar-refractivity contribution in [2.24, 2.45) is 4.99 Å². The van der Waals surface area contributed by atoms with Gasteiger partial charge in [0.05, 0.1) is 12.0 Å². The first kappa shape index (κ1) is 20.8. The number of aryl methyl sites for hydroxylation is 1. The molecule has 2 aromatic carbocycles. The van der Waals surface area contributed by atoms with Crippen LogP contribution >= 0.6 is 0 Å². The Morgan fingerprint density at radius 1 is 1.19 bits per heavy atom. The van der Waals surface area contributed by atoms with Gasteiger partial charge >= 0.3 is 6.18 Å². The molecule has 0 heterocycles. The number of benzene rings is 2. The Labute approximate surface area is 158 Å². The van der Waals surface area contributed by atoms with E-state index in [1.807, 2.05) is 33.9 Å². The summed E-state index contributed by atoms with van der Waals surface area (Å²) in [6, 6.07) is 9.56. The Hall–Kier alpha value is -2.50. The van der Waals surface area contributed by atoms with Crippen molar-refractivity contribution in [1.82, 2.24) is 4.90 Å². The first-order valence-corrected chi connectivity index (χ1v) is 8.86. The van der Waals surface area contributed by atoms with E-state index in [9.17, 15) is 13.2 Å². The van der Waals surface area contributed by atoms with E-state index in [-0.39, 0.29) is 17.4 Å². The monoisotopic (exact) mass is 378 g/mol. The Bertz CT molecular complexity index is 814. The van der Waals surface area contributed by atoms with Crippen LogP contribution in [0.5, 0.6) is 11.5 Å². The molecule has 0 aliphatic rings. The predicted molar refractivity (Wildman–Crippen MR) is 103 cm³/mol. The second-order valence-corrected chi connectivity index (χ2v) is 6.78. The number of halogens is 3. The lowest BCUT2D eigenvalue weighted by Gasteiger charge is -2.17. The van der Waals surface area contributed by atoms with Gasteiger partial charge in [-0.05, 0) is 55.2 Å². The molecule has 0 fully saturated rings. The minimum Gasteiger partial charge on any atom is -0.457 e. The molecule has 0 spiro atoms. The van der Waals surface area contributed by atoms with E-state index in [0.29, 0.717) is 17.9 Å². The third-order valence-corrected chi connectivity index (χ3v) is 4.25. The van der Waals surface area contributed by atoms with Gasteiger partial charge in [0.25, 0.3) is 0 Å². The molecule has 2 aromatic rings. The highest BCUT2D eigenvalue weighted by molar-refractivity contribution is 5.65. The smallest absolute Gasteiger partial charge is 0.420 e. The first-order chi connectivity index (χ1) is 12.6. The van der Waals surface area contributed by atoms with Crippen molar-refractivity contribution in [3.05, 3.63) is 53.1 Å². The van der Waals surface area contributed by atoms with Crippen molar-refractivity contribution in [2.75, 3.05) is 13.6 Å². The molecule has 0 saturated carbocycles. The summed E-state index contributed by atoms with van der Waals surface area (Å²) in [5.41, 5.74) is 1.04. The lowest BCUT2D eigenvalue weighted by Crippen LogP contribution is -2.14. The van der Waals surface area contributed by atoms with Gasteiger partial charge in [-0.15, -0.1) is 0 Å². The van der Waals surface area contributed by atoms with Gasteiger partial charge in [0.15, 0.2) is 0 Å². The Kier molecular flexibility index (Phi) is 6.52. The van der Waals surface area contributed by atoms with Crippen LogP contribution in [0.25, 0.3) is 0 Å². The standard InChI is InChI=1S/C21H25F3N2O/c1-6-26(5)13-25-19-12-18(21(22,23)24)20(10-15(19)4)27-17-9-7-8-16(11-17)14(2)3/h7-14H,6H2,1-5H3/b25-13+. The van der Waals surface area contributed by atoms with E-state index in [0.717, 1.165) is 11.6 Å². The zero-order chi connectivity index (χ0) is 20.2. The maximum absolute atomic E-state index is 13.6. The molecule has 0 aromatic heterocycles. The summed E-state index contributed by atoms with van der Waals surface area (Å²) in [6.45, 7) is 8.40. The highest BCUT2D eigenvalue weighted by Gasteiger charge is 2.35. The molecule has 0 aliphatic heterocycles. The van der Waals surface area contributed by atoms with Crippen molar-refractivity contribution in [1.29, 1.82) is 0 Å². The third-order valence-electron chi connectivity index (χ3n) is 4.25. The van der Waals surface area contributed by atoms with Crippen LogP contribution in [0, 0.1) is 6.92 Å². The molecule has 0 saturated heterocycles. The minimum absolute atomic E-state index is 0.219. The maximum atomic E-state index is 13.6. The van der Waals surface area contributed by atoms with Gasteiger partial charge in [-0.25, -0.2) is 4.99 Å². The van der Waals surface area contributed by atoms with Crippen LogP contribution in [-0.4, -0.2) is 24.8 Å². The summed E-state index contributed by atoms with van der Waals surface area (Å²) in [6.07, 6.45) is -3.02. The summed E-state index contributed by atoms with van der Waals surface area (Å²) in [7, 11) is 1.81. The van der Waals surface area contributed by atoms with Crippen molar-refractivity contribution in [2.45, 2.75) is 39.8 Å². The lowest BCUT2D eigenvalue weighted by molar-refractivity contribution is -0.138. The van der Waals surface area contributed by atoms with Crippen molar-refractivity contribution in [3.63, 3.8) is 0 Å². The van der Waals surface area contributed by atoms with Gasteiger partial charge in [0, 0.05) is 13.6 Å².